The quantitative estimate of drug-likeness (QED) is 0.893. The summed E-state index contributed by atoms with van der Waals surface area (Å²) >= 11 is 0. The average Bonchev–Trinajstić information content (AvgIpc) is 2.88. The van der Waals surface area contributed by atoms with Crippen molar-refractivity contribution in [3.8, 4) is 0 Å². The lowest BCUT2D eigenvalue weighted by Gasteiger charge is -2.20. The van der Waals surface area contributed by atoms with Gasteiger partial charge in [-0.05, 0) is 25.1 Å². The fourth-order valence-corrected chi connectivity index (χ4v) is 1.84. The van der Waals surface area contributed by atoms with Crippen molar-refractivity contribution in [2.45, 2.75) is 13.5 Å². The van der Waals surface area contributed by atoms with E-state index in [4.69, 9.17) is 5.11 Å². The first kappa shape index (κ1) is 14.6. The van der Waals surface area contributed by atoms with Crippen LogP contribution in [-0.4, -0.2) is 38.5 Å². The molecule has 1 aromatic heterocycles. The van der Waals surface area contributed by atoms with Crippen molar-refractivity contribution in [1.82, 2.24) is 15.0 Å². The Balaban J connectivity index is 2.14. The van der Waals surface area contributed by atoms with Gasteiger partial charge in [0.25, 0.3) is 0 Å². The highest BCUT2D eigenvalue weighted by Gasteiger charge is 2.17. The first-order valence-corrected chi connectivity index (χ1v) is 6.20. The van der Waals surface area contributed by atoms with E-state index < -0.39 is 11.8 Å². The van der Waals surface area contributed by atoms with Gasteiger partial charge in [0.2, 0.25) is 5.91 Å². The molecule has 21 heavy (non-hydrogen) atoms. The van der Waals surface area contributed by atoms with E-state index in [-0.39, 0.29) is 18.1 Å². The Labute approximate surface area is 119 Å². The topological polar surface area (TPSA) is 88.3 Å². The fraction of sp³-hybridized carbons (Fsp3) is 0.231. The molecular weight excluding hydrogens is 279 g/mol. The smallest absolute Gasteiger partial charge is 0.358 e. The molecule has 2 aromatic rings. The van der Waals surface area contributed by atoms with Gasteiger partial charge in [-0.2, -0.15) is 0 Å². The standard InChI is InChI=1S/C13H13FN4O3/c1-2-18(10-5-3-4-9(14)6-10)12(19)8-17-7-11(13(20)21)15-16-17/h3-7H,2,8H2,1H3,(H,20,21). The SMILES string of the molecule is CCN(C(=O)Cn1cc(C(=O)O)nn1)c1cccc(F)c1. The Morgan fingerprint density at radius 2 is 2.19 bits per heavy atom. The number of halogens is 1. The molecule has 0 saturated carbocycles. The Morgan fingerprint density at radius 1 is 1.43 bits per heavy atom. The zero-order chi connectivity index (χ0) is 15.4. The van der Waals surface area contributed by atoms with Gasteiger partial charge in [0, 0.05) is 12.2 Å². The highest BCUT2D eigenvalue weighted by atomic mass is 19.1. The van der Waals surface area contributed by atoms with Gasteiger partial charge < -0.3 is 10.0 Å². The number of carbonyl (C=O) groups excluding carboxylic acids is 1. The van der Waals surface area contributed by atoms with Crippen molar-refractivity contribution in [2.75, 3.05) is 11.4 Å². The van der Waals surface area contributed by atoms with E-state index in [1.807, 2.05) is 0 Å². The van der Waals surface area contributed by atoms with Crippen LogP contribution in [0.15, 0.2) is 30.5 Å². The zero-order valence-electron chi connectivity index (χ0n) is 11.2. The molecule has 0 aliphatic carbocycles. The molecule has 1 amide bonds. The third-order valence-electron chi connectivity index (χ3n) is 2.79. The van der Waals surface area contributed by atoms with Gasteiger partial charge in [0.1, 0.15) is 12.4 Å². The molecular formula is C13H13FN4O3. The van der Waals surface area contributed by atoms with Crippen LogP contribution in [0, 0.1) is 5.82 Å². The molecule has 0 unspecified atom stereocenters. The molecule has 2 rings (SSSR count). The van der Waals surface area contributed by atoms with E-state index in [1.165, 1.54) is 29.3 Å². The number of nitrogens with zero attached hydrogens (tertiary/aromatic N) is 4. The van der Waals surface area contributed by atoms with Crippen molar-refractivity contribution < 1.29 is 19.1 Å². The van der Waals surface area contributed by atoms with E-state index >= 15 is 0 Å². The van der Waals surface area contributed by atoms with E-state index in [9.17, 15) is 14.0 Å². The molecule has 7 nitrogen and oxygen atoms in total. The lowest BCUT2D eigenvalue weighted by molar-refractivity contribution is -0.119. The van der Waals surface area contributed by atoms with Crippen LogP contribution in [0.4, 0.5) is 10.1 Å². The van der Waals surface area contributed by atoms with E-state index in [0.29, 0.717) is 12.2 Å². The summed E-state index contributed by atoms with van der Waals surface area (Å²) in [5.74, 6) is -2.00. The molecule has 8 heteroatoms. The molecule has 0 atom stereocenters. The van der Waals surface area contributed by atoms with Gasteiger partial charge in [-0.1, -0.05) is 11.3 Å². The number of amides is 1. The third kappa shape index (κ3) is 3.41. The van der Waals surface area contributed by atoms with Crippen molar-refractivity contribution in [2.24, 2.45) is 0 Å². The Kier molecular flexibility index (Phi) is 4.27. The summed E-state index contributed by atoms with van der Waals surface area (Å²) in [4.78, 5) is 24.3. The second kappa shape index (κ2) is 6.12. The van der Waals surface area contributed by atoms with E-state index in [2.05, 4.69) is 10.3 Å². The number of aromatic carboxylic acids is 1. The van der Waals surface area contributed by atoms with Crippen LogP contribution in [0.1, 0.15) is 17.4 Å². The van der Waals surface area contributed by atoms with Gasteiger partial charge in [0.15, 0.2) is 5.69 Å². The number of carboxylic acids is 1. The first-order valence-electron chi connectivity index (χ1n) is 6.20. The number of hydrogen-bond donors (Lipinski definition) is 1. The minimum absolute atomic E-state index is 0.176. The lowest BCUT2D eigenvalue weighted by Crippen LogP contribution is -2.33. The van der Waals surface area contributed by atoms with Crippen LogP contribution in [0.25, 0.3) is 0 Å². The summed E-state index contributed by atoms with van der Waals surface area (Å²) in [5.41, 5.74) is 0.192. The molecule has 0 bridgehead atoms. The number of benzene rings is 1. The molecule has 0 radical (unpaired) electrons. The predicted octanol–water partition coefficient (Wildman–Crippen LogP) is 1.17. The monoisotopic (exact) mass is 292 g/mol. The minimum atomic E-state index is -1.22. The minimum Gasteiger partial charge on any atom is -0.476 e. The van der Waals surface area contributed by atoms with Crippen LogP contribution in [0.5, 0.6) is 0 Å². The number of carboxylic acid groups (broad SMARTS) is 1. The second-order valence-electron chi connectivity index (χ2n) is 4.22. The molecule has 1 N–H and O–H groups in total. The number of anilines is 1. The maximum absolute atomic E-state index is 13.2. The van der Waals surface area contributed by atoms with E-state index in [1.54, 1.807) is 13.0 Å². The Hall–Kier alpha value is -2.77. The normalized spacial score (nSPS) is 10.4. The number of likely N-dealkylation sites (N-methyl/N-ethyl adjacent to an activating group) is 1. The molecule has 0 spiro atoms. The summed E-state index contributed by atoms with van der Waals surface area (Å²) < 4.78 is 14.3. The maximum atomic E-state index is 13.2. The third-order valence-corrected chi connectivity index (χ3v) is 2.79. The largest absolute Gasteiger partial charge is 0.476 e. The summed E-state index contributed by atoms with van der Waals surface area (Å²) in [7, 11) is 0. The van der Waals surface area contributed by atoms with Crippen molar-refractivity contribution in [3.63, 3.8) is 0 Å². The summed E-state index contributed by atoms with van der Waals surface area (Å²) in [5, 5.41) is 15.7. The first-order chi connectivity index (χ1) is 10.0. The molecule has 1 aromatic carbocycles. The van der Waals surface area contributed by atoms with Crippen LogP contribution >= 0.6 is 0 Å². The van der Waals surface area contributed by atoms with Gasteiger partial charge >= 0.3 is 5.97 Å². The van der Waals surface area contributed by atoms with Crippen molar-refractivity contribution >= 4 is 17.6 Å². The summed E-state index contributed by atoms with van der Waals surface area (Å²) in [6.07, 6.45) is 1.17. The highest BCUT2D eigenvalue weighted by Crippen LogP contribution is 2.15. The van der Waals surface area contributed by atoms with Crippen molar-refractivity contribution in [3.05, 3.63) is 42.0 Å². The Bertz CT molecular complexity index is 671. The number of aromatic nitrogens is 3. The highest BCUT2D eigenvalue weighted by molar-refractivity contribution is 5.93. The van der Waals surface area contributed by atoms with Crippen LogP contribution in [0.3, 0.4) is 0 Å². The van der Waals surface area contributed by atoms with Gasteiger partial charge in [-0.3, -0.25) is 4.79 Å². The molecule has 110 valence electrons. The van der Waals surface area contributed by atoms with Gasteiger partial charge in [0.05, 0.1) is 6.20 Å². The predicted molar refractivity (Wildman–Crippen MR) is 71.4 cm³/mol. The van der Waals surface area contributed by atoms with Crippen LogP contribution in [-0.2, 0) is 11.3 Å². The van der Waals surface area contributed by atoms with E-state index in [0.717, 1.165) is 4.68 Å². The fourth-order valence-electron chi connectivity index (χ4n) is 1.84. The van der Waals surface area contributed by atoms with Crippen LogP contribution < -0.4 is 4.90 Å². The molecule has 1 heterocycles. The molecule has 0 aliphatic rings. The number of carbonyl (C=O) groups is 2. The Morgan fingerprint density at radius 3 is 2.76 bits per heavy atom. The lowest BCUT2D eigenvalue weighted by atomic mass is 10.2. The van der Waals surface area contributed by atoms with Crippen molar-refractivity contribution in [1.29, 1.82) is 0 Å². The second-order valence-corrected chi connectivity index (χ2v) is 4.22. The average molecular weight is 292 g/mol. The molecule has 0 saturated heterocycles. The number of hydrogen-bond acceptors (Lipinski definition) is 4. The zero-order valence-corrected chi connectivity index (χ0v) is 11.2. The summed E-state index contributed by atoms with van der Waals surface area (Å²) in [6.45, 7) is 1.93. The maximum Gasteiger partial charge on any atom is 0.358 e. The summed E-state index contributed by atoms with van der Waals surface area (Å²) in [6, 6.07) is 5.68. The molecule has 0 fully saturated rings. The number of rotatable bonds is 5. The van der Waals surface area contributed by atoms with Crippen LogP contribution in [0.2, 0.25) is 0 Å². The van der Waals surface area contributed by atoms with Gasteiger partial charge in [-0.25, -0.2) is 13.9 Å². The van der Waals surface area contributed by atoms with Gasteiger partial charge in [-0.15, -0.1) is 5.10 Å². The molecule has 0 aliphatic heterocycles.